The Labute approximate surface area is 163 Å². The van der Waals surface area contributed by atoms with Crippen molar-refractivity contribution in [3.8, 4) is 0 Å². The standard InChI is InChI=1S/C21H29N3O2S/c1-18-8-10-20(11-9-18)21(24-14-12-23(2)13-15-24)16-22-27(25,26)17-19-6-4-3-5-7-19/h3-11,21-22H,12-17H2,1-2H3. The van der Waals surface area contributed by atoms with Gasteiger partial charge >= 0.3 is 0 Å². The molecule has 0 aliphatic carbocycles. The van der Waals surface area contributed by atoms with Gasteiger partial charge in [0.05, 0.1) is 5.75 Å². The zero-order valence-corrected chi connectivity index (χ0v) is 17.0. The van der Waals surface area contributed by atoms with Crippen LogP contribution in [0.3, 0.4) is 0 Å². The average Bonchev–Trinajstić information content (AvgIpc) is 2.65. The van der Waals surface area contributed by atoms with Gasteiger partial charge in [-0.3, -0.25) is 4.90 Å². The van der Waals surface area contributed by atoms with E-state index < -0.39 is 10.0 Å². The number of rotatable bonds is 7. The number of benzene rings is 2. The summed E-state index contributed by atoms with van der Waals surface area (Å²) in [5.41, 5.74) is 3.17. The fourth-order valence-electron chi connectivity index (χ4n) is 3.43. The summed E-state index contributed by atoms with van der Waals surface area (Å²) in [6.07, 6.45) is 0. The molecule has 2 aromatic carbocycles. The lowest BCUT2D eigenvalue weighted by atomic mass is 10.0. The second-order valence-corrected chi connectivity index (χ2v) is 9.17. The van der Waals surface area contributed by atoms with E-state index in [0.29, 0.717) is 6.54 Å². The Morgan fingerprint density at radius 1 is 0.963 bits per heavy atom. The van der Waals surface area contributed by atoms with E-state index in [4.69, 9.17) is 0 Å². The van der Waals surface area contributed by atoms with Crippen LogP contribution in [-0.2, 0) is 15.8 Å². The Morgan fingerprint density at radius 3 is 2.22 bits per heavy atom. The molecule has 0 saturated carbocycles. The van der Waals surface area contributed by atoms with E-state index in [1.54, 1.807) is 0 Å². The van der Waals surface area contributed by atoms with Gasteiger partial charge in [0.25, 0.3) is 0 Å². The van der Waals surface area contributed by atoms with E-state index in [2.05, 4.69) is 52.8 Å². The number of likely N-dealkylation sites (N-methyl/N-ethyl adjacent to an activating group) is 1. The van der Waals surface area contributed by atoms with Gasteiger partial charge in [0.2, 0.25) is 10.0 Å². The zero-order chi connectivity index (χ0) is 19.3. The van der Waals surface area contributed by atoms with Gasteiger partial charge in [0.1, 0.15) is 0 Å². The van der Waals surface area contributed by atoms with E-state index in [9.17, 15) is 8.42 Å². The van der Waals surface area contributed by atoms with Crippen LogP contribution in [0.1, 0.15) is 22.7 Å². The number of aryl methyl sites for hydroxylation is 1. The summed E-state index contributed by atoms with van der Waals surface area (Å²) in [7, 11) is -1.26. The Kier molecular flexibility index (Phi) is 6.65. The molecule has 1 unspecified atom stereocenters. The van der Waals surface area contributed by atoms with Crippen molar-refractivity contribution in [3.05, 3.63) is 71.3 Å². The number of sulfonamides is 1. The van der Waals surface area contributed by atoms with Crippen molar-refractivity contribution < 1.29 is 8.42 Å². The van der Waals surface area contributed by atoms with Gasteiger partial charge < -0.3 is 4.90 Å². The average molecular weight is 388 g/mol. The van der Waals surface area contributed by atoms with Crippen LogP contribution in [0.5, 0.6) is 0 Å². The third-order valence-corrected chi connectivity index (χ3v) is 6.46. The van der Waals surface area contributed by atoms with Crippen LogP contribution in [0.2, 0.25) is 0 Å². The van der Waals surface area contributed by atoms with Gasteiger partial charge in [0.15, 0.2) is 0 Å². The molecule has 1 fully saturated rings. The van der Waals surface area contributed by atoms with E-state index in [-0.39, 0.29) is 11.8 Å². The SMILES string of the molecule is Cc1ccc(C(CNS(=O)(=O)Cc2ccccc2)N2CCN(C)CC2)cc1. The summed E-state index contributed by atoms with van der Waals surface area (Å²) in [6.45, 7) is 6.34. The van der Waals surface area contributed by atoms with Gasteiger partial charge in [-0.1, -0.05) is 60.2 Å². The van der Waals surface area contributed by atoms with Crippen LogP contribution >= 0.6 is 0 Å². The molecule has 1 N–H and O–H groups in total. The zero-order valence-electron chi connectivity index (χ0n) is 16.1. The molecule has 0 aromatic heterocycles. The first-order valence-corrected chi connectivity index (χ1v) is 11.1. The molecule has 2 aromatic rings. The van der Waals surface area contributed by atoms with Gasteiger partial charge in [-0.2, -0.15) is 0 Å². The van der Waals surface area contributed by atoms with Crippen LogP contribution < -0.4 is 4.72 Å². The van der Waals surface area contributed by atoms with Crippen molar-refractivity contribution >= 4 is 10.0 Å². The molecule has 3 rings (SSSR count). The van der Waals surface area contributed by atoms with Crippen molar-refractivity contribution in [3.63, 3.8) is 0 Å². The van der Waals surface area contributed by atoms with Crippen LogP contribution in [0, 0.1) is 6.92 Å². The van der Waals surface area contributed by atoms with Gasteiger partial charge in [-0.05, 0) is 25.1 Å². The topological polar surface area (TPSA) is 52.7 Å². The summed E-state index contributed by atoms with van der Waals surface area (Å²) in [5.74, 6) is 0.0111. The lowest BCUT2D eigenvalue weighted by Gasteiger charge is -2.38. The molecule has 1 saturated heterocycles. The predicted molar refractivity (Wildman–Crippen MR) is 110 cm³/mol. The maximum Gasteiger partial charge on any atom is 0.215 e. The molecule has 1 heterocycles. The molecule has 146 valence electrons. The molecule has 0 amide bonds. The van der Waals surface area contributed by atoms with Crippen LogP contribution in [0.4, 0.5) is 0 Å². The summed E-state index contributed by atoms with van der Waals surface area (Å²) >= 11 is 0. The number of piperazine rings is 1. The number of nitrogens with one attached hydrogen (secondary N) is 1. The highest BCUT2D eigenvalue weighted by molar-refractivity contribution is 7.88. The normalized spacial score (nSPS) is 17.7. The quantitative estimate of drug-likeness (QED) is 0.793. The summed E-state index contributed by atoms with van der Waals surface area (Å²) in [6, 6.07) is 17.8. The molecule has 1 aliphatic rings. The number of hydrogen-bond acceptors (Lipinski definition) is 4. The lowest BCUT2D eigenvalue weighted by Crippen LogP contribution is -2.48. The van der Waals surface area contributed by atoms with E-state index in [0.717, 1.165) is 37.3 Å². The maximum atomic E-state index is 12.6. The molecule has 0 spiro atoms. The highest BCUT2D eigenvalue weighted by atomic mass is 32.2. The van der Waals surface area contributed by atoms with Crippen molar-refractivity contribution in [2.24, 2.45) is 0 Å². The monoisotopic (exact) mass is 387 g/mol. The predicted octanol–water partition coefficient (Wildman–Crippen LogP) is 2.40. The number of nitrogens with zero attached hydrogens (tertiary/aromatic N) is 2. The van der Waals surface area contributed by atoms with E-state index in [1.807, 2.05) is 30.3 Å². The summed E-state index contributed by atoms with van der Waals surface area (Å²) in [5, 5.41) is 0. The first-order chi connectivity index (χ1) is 12.9. The smallest absolute Gasteiger partial charge is 0.215 e. The minimum absolute atomic E-state index is 0.0111. The Balaban J connectivity index is 1.72. The van der Waals surface area contributed by atoms with Crippen LogP contribution in [-0.4, -0.2) is 58.0 Å². The molecule has 0 bridgehead atoms. The van der Waals surface area contributed by atoms with E-state index in [1.165, 1.54) is 5.56 Å². The summed E-state index contributed by atoms with van der Waals surface area (Å²) in [4.78, 5) is 4.69. The van der Waals surface area contributed by atoms with Crippen molar-refractivity contribution in [2.45, 2.75) is 18.7 Å². The van der Waals surface area contributed by atoms with Crippen molar-refractivity contribution in [1.82, 2.24) is 14.5 Å². The maximum absolute atomic E-state index is 12.6. The highest BCUT2D eigenvalue weighted by Gasteiger charge is 2.25. The molecule has 0 radical (unpaired) electrons. The second kappa shape index (κ2) is 8.97. The Morgan fingerprint density at radius 2 is 1.59 bits per heavy atom. The van der Waals surface area contributed by atoms with Crippen molar-refractivity contribution in [2.75, 3.05) is 39.8 Å². The first kappa shape index (κ1) is 20.0. The molecule has 1 aliphatic heterocycles. The van der Waals surface area contributed by atoms with Gasteiger partial charge in [-0.15, -0.1) is 0 Å². The highest BCUT2D eigenvalue weighted by Crippen LogP contribution is 2.22. The third-order valence-electron chi connectivity index (χ3n) is 5.14. The minimum atomic E-state index is -3.38. The first-order valence-electron chi connectivity index (χ1n) is 9.43. The second-order valence-electron chi connectivity index (χ2n) is 7.36. The molecule has 6 heteroatoms. The van der Waals surface area contributed by atoms with Gasteiger partial charge in [-0.25, -0.2) is 13.1 Å². The summed E-state index contributed by atoms with van der Waals surface area (Å²) < 4.78 is 28.0. The minimum Gasteiger partial charge on any atom is -0.304 e. The third kappa shape index (κ3) is 5.87. The molecule has 27 heavy (non-hydrogen) atoms. The fourth-order valence-corrected chi connectivity index (χ4v) is 4.58. The molecule has 1 atom stereocenters. The van der Waals surface area contributed by atoms with Crippen molar-refractivity contribution in [1.29, 1.82) is 0 Å². The fraction of sp³-hybridized carbons (Fsp3) is 0.429. The lowest BCUT2D eigenvalue weighted by molar-refractivity contribution is 0.113. The van der Waals surface area contributed by atoms with E-state index >= 15 is 0 Å². The Hall–Kier alpha value is -1.73. The van der Waals surface area contributed by atoms with Crippen LogP contribution in [0.15, 0.2) is 54.6 Å². The molecular weight excluding hydrogens is 358 g/mol. The number of hydrogen-bond donors (Lipinski definition) is 1. The van der Waals surface area contributed by atoms with Gasteiger partial charge in [0, 0.05) is 38.8 Å². The van der Waals surface area contributed by atoms with Crippen LogP contribution in [0.25, 0.3) is 0 Å². The molecular formula is C21H29N3O2S. The molecule has 5 nitrogen and oxygen atoms in total. The largest absolute Gasteiger partial charge is 0.304 e. The Bertz CT molecular complexity index is 814.